The quantitative estimate of drug-likeness (QED) is 0.633. The van der Waals surface area contributed by atoms with Crippen molar-refractivity contribution in [2.24, 2.45) is 0 Å². The van der Waals surface area contributed by atoms with E-state index in [1.54, 1.807) is 6.07 Å². The fourth-order valence-electron chi connectivity index (χ4n) is 0.794. The highest BCUT2D eigenvalue weighted by molar-refractivity contribution is 9.10. The monoisotopic (exact) mass is 213 g/mol. The van der Waals surface area contributed by atoms with E-state index in [4.69, 9.17) is 6.57 Å². The van der Waals surface area contributed by atoms with E-state index in [2.05, 4.69) is 20.8 Å². The zero-order chi connectivity index (χ0) is 8.27. The molecule has 0 aromatic heterocycles. The maximum Gasteiger partial charge on any atom is 0.239 e. The van der Waals surface area contributed by atoms with Gasteiger partial charge in [0.2, 0.25) is 6.54 Å². The van der Waals surface area contributed by atoms with E-state index in [1.807, 2.05) is 0 Å². The van der Waals surface area contributed by atoms with Gasteiger partial charge < -0.3 is 4.85 Å². The number of benzene rings is 1. The van der Waals surface area contributed by atoms with Gasteiger partial charge in [-0.1, -0.05) is 15.9 Å². The zero-order valence-electron chi connectivity index (χ0n) is 5.64. The van der Waals surface area contributed by atoms with Crippen molar-refractivity contribution in [1.82, 2.24) is 0 Å². The summed E-state index contributed by atoms with van der Waals surface area (Å²) in [7, 11) is 0. The summed E-state index contributed by atoms with van der Waals surface area (Å²) in [6.07, 6.45) is 0. The van der Waals surface area contributed by atoms with Crippen molar-refractivity contribution in [3.63, 3.8) is 0 Å². The lowest BCUT2D eigenvalue weighted by Gasteiger charge is -1.93. The van der Waals surface area contributed by atoms with Crippen molar-refractivity contribution < 1.29 is 4.39 Å². The molecule has 0 fully saturated rings. The van der Waals surface area contributed by atoms with Crippen molar-refractivity contribution >= 4 is 15.9 Å². The molecule has 0 aliphatic heterocycles. The molecule has 0 N–H and O–H groups in total. The van der Waals surface area contributed by atoms with Crippen LogP contribution in [0.2, 0.25) is 0 Å². The average Bonchev–Trinajstić information content (AvgIpc) is 1.85. The minimum Gasteiger partial charge on any atom is -0.312 e. The van der Waals surface area contributed by atoms with E-state index in [9.17, 15) is 4.39 Å². The Morgan fingerprint density at radius 3 is 2.73 bits per heavy atom. The zero-order valence-corrected chi connectivity index (χ0v) is 7.23. The molecule has 1 aromatic rings. The van der Waals surface area contributed by atoms with Gasteiger partial charge >= 0.3 is 0 Å². The number of nitrogens with zero attached hydrogens (tertiary/aromatic N) is 1. The molecule has 11 heavy (non-hydrogen) atoms. The largest absolute Gasteiger partial charge is 0.312 e. The Bertz CT molecular complexity index is 283. The van der Waals surface area contributed by atoms with E-state index in [1.165, 1.54) is 12.1 Å². The molecule has 0 heterocycles. The van der Waals surface area contributed by atoms with Crippen molar-refractivity contribution in [2.45, 2.75) is 6.54 Å². The van der Waals surface area contributed by atoms with Crippen LogP contribution in [0.5, 0.6) is 0 Å². The molecular weight excluding hydrogens is 209 g/mol. The van der Waals surface area contributed by atoms with E-state index in [0.717, 1.165) is 0 Å². The van der Waals surface area contributed by atoms with Crippen LogP contribution in [0.15, 0.2) is 22.7 Å². The van der Waals surface area contributed by atoms with Crippen LogP contribution in [0.25, 0.3) is 4.85 Å². The van der Waals surface area contributed by atoms with Crippen LogP contribution in [-0.2, 0) is 6.54 Å². The van der Waals surface area contributed by atoms with Crippen LogP contribution in [0.1, 0.15) is 5.56 Å². The number of hydrogen-bond acceptors (Lipinski definition) is 0. The van der Waals surface area contributed by atoms with Gasteiger partial charge in [-0.3, -0.25) is 0 Å². The molecule has 0 radical (unpaired) electrons. The van der Waals surface area contributed by atoms with E-state index < -0.39 is 0 Å². The predicted octanol–water partition coefficient (Wildman–Crippen LogP) is 3.01. The van der Waals surface area contributed by atoms with Gasteiger partial charge in [0.25, 0.3) is 0 Å². The van der Waals surface area contributed by atoms with Gasteiger partial charge in [0.1, 0.15) is 5.82 Å². The first-order valence-corrected chi connectivity index (χ1v) is 3.80. The number of hydrogen-bond donors (Lipinski definition) is 0. The van der Waals surface area contributed by atoms with Gasteiger partial charge in [-0.15, -0.1) is 0 Å². The van der Waals surface area contributed by atoms with Gasteiger partial charge in [0.05, 0.1) is 0 Å². The lowest BCUT2D eigenvalue weighted by molar-refractivity contribution is 0.625. The first-order valence-electron chi connectivity index (χ1n) is 3.00. The van der Waals surface area contributed by atoms with Crippen LogP contribution >= 0.6 is 15.9 Å². The van der Waals surface area contributed by atoms with E-state index in [0.29, 0.717) is 10.0 Å². The van der Waals surface area contributed by atoms with Gasteiger partial charge in [-0.2, -0.15) is 0 Å². The Balaban J connectivity index is 3.01. The smallest absolute Gasteiger partial charge is 0.239 e. The first-order chi connectivity index (χ1) is 5.22. The molecule has 0 atom stereocenters. The highest BCUT2D eigenvalue weighted by Gasteiger charge is 1.99. The Kier molecular flexibility index (Phi) is 2.61. The second-order valence-electron chi connectivity index (χ2n) is 2.09. The second kappa shape index (κ2) is 3.49. The van der Waals surface area contributed by atoms with Gasteiger partial charge in [0.15, 0.2) is 0 Å². The summed E-state index contributed by atoms with van der Waals surface area (Å²) in [6, 6.07) is 4.47. The summed E-state index contributed by atoms with van der Waals surface area (Å²) in [5.41, 5.74) is 0.701. The van der Waals surface area contributed by atoms with Crippen molar-refractivity contribution in [3.05, 3.63) is 45.5 Å². The summed E-state index contributed by atoms with van der Waals surface area (Å²) < 4.78 is 13.3. The van der Waals surface area contributed by atoms with Gasteiger partial charge in [-0.25, -0.2) is 11.0 Å². The molecule has 0 amide bonds. The molecule has 0 saturated heterocycles. The van der Waals surface area contributed by atoms with Crippen molar-refractivity contribution in [3.8, 4) is 0 Å². The third-order valence-electron chi connectivity index (χ3n) is 1.18. The fourth-order valence-corrected chi connectivity index (χ4v) is 1.31. The maximum atomic E-state index is 12.6. The Labute approximate surface area is 72.8 Å². The molecule has 56 valence electrons. The topological polar surface area (TPSA) is 4.36 Å². The van der Waals surface area contributed by atoms with Crippen molar-refractivity contribution in [2.75, 3.05) is 0 Å². The van der Waals surface area contributed by atoms with Crippen LogP contribution in [0.3, 0.4) is 0 Å². The molecule has 0 saturated carbocycles. The third-order valence-corrected chi connectivity index (χ3v) is 1.64. The third kappa shape index (κ3) is 2.32. The Hall–Kier alpha value is -0.880. The maximum absolute atomic E-state index is 12.6. The standard InChI is InChI=1S/C8H5BrFN/c1-11-5-6-2-7(9)4-8(10)3-6/h2-4H,5H2. The molecular formula is C8H5BrFN. The van der Waals surface area contributed by atoms with E-state index in [-0.39, 0.29) is 12.4 Å². The van der Waals surface area contributed by atoms with Crippen molar-refractivity contribution in [1.29, 1.82) is 0 Å². The molecule has 1 nitrogen and oxygen atoms in total. The predicted molar refractivity (Wildman–Crippen MR) is 44.4 cm³/mol. The molecule has 0 spiro atoms. The highest BCUT2D eigenvalue weighted by atomic mass is 79.9. The van der Waals surface area contributed by atoms with Crippen LogP contribution < -0.4 is 0 Å². The Morgan fingerprint density at radius 2 is 2.18 bits per heavy atom. The fraction of sp³-hybridized carbons (Fsp3) is 0.125. The van der Waals surface area contributed by atoms with Crippen LogP contribution in [0, 0.1) is 12.4 Å². The lowest BCUT2D eigenvalue weighted by atomic mass is 10.2. The molecule has 0 aliphatic rings. The minimum absolute atomic E-state index is 0.232. The molecule has 3 heteroatoms. The summed E-state index contributed by atoms with van der Waals surface area (Å²) in [5.74, 6) is -0.307. The number of rotatable bonds is 1. The summed E-state index contributed by atoms with van der Waals surface area (Å²) in [6.45, 7) is 6.80. The normalized spacial score (nSPS) is 9.18. The van der Waals surface area contributed by atoms with Gasteiger partial charge in [0, 0.05) is 10.0 Å². The Morgan fingerprint density at radius 1 is 1.45 bits per heavy atom. The van der Waals surface area contributed by atoms with Crippen LogP contribution in [-0.4, -0.2) is 0 Å². The molecule has 1 rings (SSSR count). The molecule has 0 unspecified atom stereocenters. The first kappa shape index (κ1) is 8.22. The minimum atomic E-state index is -0.307. The summed E-state index contributed by atoms with van der Waals surface area (Å²) >= 11 is 3.14. The lowest BCUT2D eigenvalue weighted by Crippen LogP contribution is -1.82. The highest BCUT2D eigenvalue weighted by Crippen LogP contribution is 2.15. The molecule has 0 aliphatic carbocycles. The second-order valence-corrected chi connectivity index (χ2v) is 3.01. The average molecular weight is 214 g/mol. The van der Waals surface area contributed by atoms with Gasteiger partial charge in [-0.05, 0) is 18.2 Å². The summed E-state index contributed by atoms with van der Waals surface area (Å²) in [4.78, 5) is 3.15. The molecule has 0 bridgehead atoms. The summed E-state index contributed by atoms with van der Waals surface area (Å²) in [5, 5.41) is 0. The van der Waals surface area contributed by atoms with E-state index >= 15 is 0 Å². The molecule has 1 aromatic carbocycles. The SMILES string of the molecule is [C-]#[N+]Cc1cc(F)cc(Br)c1. The van der Waals surface area contributed by atoms with Crippen LogP contribution in [0.4, 0.5) is 4.39 Å². The number of halogens is 2.